The highest BCUT2D eigenvalue weighted by Crippen LogP contribution is 2.24. The number of hydrogen-bond acceptors (Lipinski definition) is 2. The first-order valence-electron chi connectivity index (χ1n) is 6.77. The summed E-state index contributed by atoms with van der Waals surface area (Å²) in [5.74, 6) is -0.0665. The molecule has 0 spiro atoms. The van der Waals surface area contributed by atoms with E-state index in [1.165, 1.54) is 0 Å². The second-order valence-electron chi connectivity index (χ2n) is 5.14. The van der Waals surface area contributed by atoms with Gasteiger partial charge in [0, 0.05) is 11.7 Å². The minimum Gasteiger partial charge on any atom is -0.506 e. The van der Waals surface area contributed by atoms with Crippen LogP contribution in [0, 0.1) is 6.92 Å². The number of carbonyl (C=O) groups is 1. The van der Waals surface area contributed by atoms with Gasteiger partial charge in [-0.15, -0.1) is 0 Å². The maximum absolute atomic E-state index is 12.1. The van der Waals surface area contributed by atoms with Gasteiger partial charge in [0.1, 0.15) is 5.75 Å². The first kappa shape index (κ1) is 13.2. The molecule has 2 aromatic carbocycles. The van der Waals surface area contributed by atoms with Gasteiger partial charge in [0.2, 0.25) is 5.91 Å². The number of fused-ring (bicyclic) bond motifs is 1. The summed E-state index contributed by atoms with van der Waals surface area (Å²) in [6, 6.07) is 13.0. The lowest BCUT2D eigenvalue weighted by atomic mass is 10.1. The molecule has 0 fully saturated rings. The van der Waals surface area contributed by atoms with E-state index < -0.39 is 0 Å². The first-order valence-corrected chi connectivity index (χ1v) is 6.77. The Hall–Kier alpha value is -2.75. The molecule has 4 nitrogen and oxygen atoms in total. The Bertz CT molecular complexity index is 805. The Labute approximate surface area is 122 Å². The summed E-state index contributed by atoms with van der Waals surface area (Å²) in [4.78, 5) is 15.2. The Morgan fingerprint density at radius 3 is 2.86 bits per heavy atom. The van der Waals surface area contributed by atoms with Crippen LogP contribution in [-0.4, -0.2) is 16.0 Å². The molecule has 0 bridgehead atoms. The summed E-state index contributed by atoms with van der Waals surface area (Å²) < 4.78 is 0. The van der Waals surface area contributed by atoms with E-state index in [1.54, 1.807) is 12.1 Å². The van der Waals surface area contributed by atoms with Gasteiger partial charge in [0.25, 0.3) is 0 Å². The molecular formula is C17H16N2O2. The lowest BCUT2D eigenvalue weighted by Crippen LogP contribution is -2.14. The molecule has 0 saturated carbocycles. The molecule has 0 aliphatic heterocycles. The number of aromatic hydroxyl groups is 1. The van der Waals surface area contributed by atoms with E-state index in [0.717, 1.165) is 22.0 Å². The van der Waals surface area contributed by atoms with E-state index in [4.69, 9.17) is 0 Å². The summed E-state index contributed by atoms with van der Waals surface area (Å²) >= 11 is 0. The van der Waals surface area contributed by atoms with Gasteiger partial charge in [-0.05, 0) is 47.7 Å². The maximum atomic E-state index is 12.1. The third-order valence-electron chi connectivity index (χ3n) is 3.41. The van der Waals surface area contributed by atoms with Crippen LogP contribution in [-0.2, 0) is 11.2 Å². The highest BCUT2D eigenvalue weighted by molar-refractivity contribution is 5.94. The van der Waals surface area contributed by atoms with Crippen molar-refractivity contribution in [2.24, 2.45) is 0 Å². The SMILES string of the molecule is Cc1ccc(NC(=O)Cc2ccc3cc[nH]c3c2)c(O)c1. The second kappa shape index (κ2) is 5.32. The Balaban J connectivity index is 1.73. The Morgan fingerprint density at radius 1 is 1.19 bits per heavy atom. The molecule has 0 unspecified atom stereocenters. The van der Waals surface area contributed by atoms with Gasteiger partial charge in [-0.2, -0.15) is 0 Å². The number of carbonyl (C=O) groups excluding carboxylic acids is 1. The number of phenols is 1. The number of phenolic OH excluding ortho intramolecular Hbond substituents is 1. The van der Waals surface area contributed by atoms with Gasteiger partial charge >= 0.3 is 0 Å². The number of anilines is 1. The third-order valence-corrected chi connectivity index (χ3v) is 3.41. The predicted molar refractivity (Wildman–Crippen MR) is 83.5 cm³/mol. The number of aryl methyl sites for hydroxylation is 1. The fourth-order valence-corrected chi connectivity index (χ4v) is 2.33. The van der Waals surface area contributed by atoms with Crippen molar-refractivity contribution in [3.05, 3.63) is 59.8 Å². The maximum Gasteiger partial charge on any atom is 0.228 e. The standard InChI is InChI=1S/C17H16N2O2/c1-11-2-5-14(16(20)8-11)19-17(21)10-12-3-4-13-6-7-18-15(13)9-12/h2-9,18,20H,10H2,1H3,(H,19,21). The lowest BCUT2D eigenvalue weighted by molar-refractivity contribution is -0.115. The van der Waals surface area contributed by atoms with E-state index in [2.05, 4.69) is 10.3 Å². The number of amides is 1. The third kappa shape index (κ3) is 2.89. The van der Waals surface area contributed by atoms with Gasteiger partial charge in [-0.3, -0.25) is 4.79 Å². The molecule has 21 heavy (non-hydrogen) atoms. The van der Waals surface area contributed by atoms with Crippen LogP contribution in [0.2, 0.25) is 0 Å². The van der Waals surface area contributed by atoms with Crippen molar-refractivity contribution in [3.63, 3.8) is 0 Å². The van der Waals surface area contributed by atoms with Crippen LogP contribution in [0.4, 0.5) is 5.69 Å². The molecule has 0 saturated heterocycles. The van der Waals surface area contributed by atoms with E-state index >= 15 is 0 Å². The van der Waals surface area contributed by atoms with Crippen LogP contribution in [0.5, 0.6) is 5.75 Å². The van der Waals surface area contributed by atoms with Crippen LogP contribution in [0.25, 0.3) is 10.9 Å². The van der Waals surface area contributed by atoms with Gasteiger partial charge in [0.15, 0.2) is 0 Å². The molecule has 1 heterocycles. The molecule has 3 aromatic rings. The smallest absolute Gasteiger partial charge is 0.228 e. The van der Waals surface area contributed by atoms with Gasteiger partial charge in [-0.25, -0.2) is 0 Å². The minimum atomic E-state index is -0.153. The molecule has 3 rings (SSSR count). The van der Waals surface area contributed by atoms with Gasteiger partial charge in [0.05, 0.1) is 12.1 Å². The van der Waals surface area contributed by atoms with Crippen molar-refractivity contribution in [1.82, 2.24) is 4.98 Å². The molecule has 3 N–H and O–H groups in total. The van der Waals surface area contributed by atoms with E-state index in [-0.39, 0.29) is 18.1 Å². The van der Waals surface area contributed by atoms with E-state index in [9.17, 15) is 9.90 Å². The largest absolute Gasteiger partial charge is 0.506 e. The van der Waals surface area contributed by atoms with Crippen molar-refractivity contribution >= 4 is 22.5 Å². The van der Waals surface area contributed by atoms with Crippen LogP contribution >= 0.6 is 0 Å². The molecular weight excluding hydrogens is 264 g/mol. The predicted octanol–water partition coefficient (Wildman–Crippen LogP) is 3.36. The van der Waals surface area contributed by atoms with Gasteiger partial charge in [-0.1, -0.05) is 18.2 Å². The number of nitrogens with one attached hydrogen (secondary N) is 2. The molecule has 106 valence electrons. The highest BCUT2D eigenvalue weighted by Gasteiger charge is 2.08. The average molecular weight is 280 g/mol. The minimum absolute atomic E-state index is 0.0863. The Kier molecular flexibility index (Phi) is 3.36. The summed E-state index contributed by atoms with van der Waals surface area (Å²) in [7, 11) is 0. The van der Waals surface area contributed by atoms with E-state index in [0.29, 0.717) is 5.69 Å². The number of H-pyrrole nitrogens is 1. The molecule has 1 aromatic heterocycles. The summed E-state index contributed by atoms with van der Waals surface area (Å²) in [5, 5.41) is 13.6. The topological polar surface area (TPSA) is 65.1 Å². The molecule has 0 aliphatic rings. The molecule has 4 heteroatoms. The zero-order chi connectivity index (χ0) is 14.8. The number of benzene rings is 2. The average Bonchev–Trinajstić information content (AvgIpc) is 2.89. The molecule has 0 aliphatic carbocycles. The Morgan fingerprint density at radius 2 is 2.05 bits per heavy atom. The van der Waals surface area contributed by atoms with Crippen molar-refractivity contribution in [2.45, 2.75) is 13.3 Å². The molecule has 0 atom stereocenters. The number of aromatic amines is 1. The fourth-order valence-electron chi connectivity index (χ4n) is 2.33. The summed E-state index contributed by atoms with van der Waals surface area (Å²) in [5.41, 5.74) is 3.32. The monoisotopic (exact) mass is 280 g/mol. The summed E-state index contributed by atoms with van der Waals surface area (Å²) in [6.07, 6.45) is 2.14. The van der Waals surface area contributed by atoms with Crippen LogP contribution in [0.1, 0.15) is 11.1 Å². The lowest BCUT2D eigenvalue weighted by Gasteiger charge is -2.08. The normalized spacial score (nSPS) is 10.7. The van der Waals surface area contributed by atoms with Crippen LogP contribution in [0.3, 0.4) is 0 Å². The second-order valence-corrected chi connectivity index (χ2v) is 5.14. The number of hydrogen-bond donors (Lipinski definition) is 3. The van der Waals surface area contributed by atoms with Crippen LogP contribution in [0.15, 0.2) is 48.7 Å². The van der Waals surface area contributed by atoms with Crippen molar-refractivity contribution in [1.29, 1.82) is 0 Å². The van der Waals surface area contributed by atoms with Crippen molar-refractivity contribution < 1.29 is 9.90 Å². The zero-order valence-corrected chi connectivity index (χ0v) is 11.7. The highest BCUT2D eigenvalue weighted by atomic mass is 16.3. The molecule has 1 amide bonds. The zero-order valence-electron chi connectivity index (χ0n) is 11.7. The number of rotatable bonds is 3. The quantitative estimate of drug-likeness (QED) is 0.644. The van der Waals surface area contributed by atoms with Gasteiger partial charge < -0.3 is 15.4 Å². The molecule has 0 radical (unpaired) electrons. The van der Waals surface area contributed by atoms with E-state index in [1.807, 2.05) is 43.5 Å². The number of aromatic nitrogens is 1. The van der Waals surface area contributed by atoms with Crippen LogP contribution < -0.4 is 5.32 Å². The first-order chi connectivity index (χ1) is 10.1. The van der Waals surface area contributed by atoms with Crippen molar-refractivity contribution in [2.75, 3.05) is 5.32 Å². The summed E-state index contributed by atoms with van der Waals surface area (Å²) in [6.45, 7) is 1.89. The fraction of sp³-hybridized carbons (Fsp3) is 0.118. The van der Waals surface area contributed by atoms with Crippen molar-refractivity contribution in [3.8, 4) is 5.75 Å².